The number of rotatable bonds is 3. The van der Waals surface area contributed by atoms with Gasteiger partial charge in [0, 0.05) is 17.9 Å². The maximum Gasteiger partial charge on any atom is 0.217 e. The fourth-order valence-electron chi connectivity index (χ4n) is 1.36. The van der Waals surface area contributed by atoms with E-state index < -0.39 is 16.6 Å². The standard InChI is InChI=1S/C11H23NO2/c1-8(13)12-10(4,5)9(2,3)11(6,7)14/h14H,1-7H3,(H,12,13). The normalized spacial score (nSPS) is 14.0. The summed E-state index contributed by atoms with van der Waals surface area (Å²) in [4.78, 5) is 11.0. The summed E-state index contributed by atoms with van der Waals surface area (Å²) in [5.41, 5.74) is -1.71. The maximum absolute atomic E-state index is 11.0. The van der Waals surface area contributed by atoms with Gasteiger partial charge in [-0.05, 0) is 27.7 Å². The Kier molecular flexibility index (Phi) is 3.39. The molecular weight excluding hydrogens is 178 g/mol. The highest BCUT2D eigenvalue weighted by atomic mass is 16.3. The maximum atomic E-state index is 11.0. The molecule has 0 aliphatic heterocycles. The first-order chi connectivity index (χ1) is 5.92. The molecule has 0 aliphatic rings. The van der Waals surface area contributed by atoms with Crippen molar-refractivity contribution in [3.05, 3.63) is 0 Å². The Morgan fingerprint density at radius 2 is 1.43 bits per heavy atom. The quantitative estimate of drug-likeness (QED) is 0.730. The molecule has 0 saturated heterocycles. The van der Waals surface area contributed by atoms with Gasteiger partial charge < -0.3 is 10.4 Å². The van der Waals surface area contributed by atoms with Crippen LogP contribution >= 0.6 is 0 Å². The number of aliphatic hydroxyl groups is 1. The molecule has 0 aliphatic carbocycles. The molecule has 0 saturated carbocycles. The first-order valence-electron chi connectivity index (χ1n) is 4.93. The second kappa shape index (κ2) is 3.54. The van der Waals surface area contributed by atoms with Gasteiger partial charge in [-0.25, -0.2) is 0 Å². The summed E-state index contributed by atoms with van der Waals surface area (Å²) >= 11 is 0. The summed E-state index contributed by atoms with van der Waals surface area (Å²) in [6.45, 7) is 12.7. The van der Waals surface area contributed by atoms with Crippen LogP contribution in [-0.2, 0) is 4.79 Å². The van der Waals surface area contributed by atoms with Crippen LogP contribution in [0.15, 0.2) is 0 Å². The zero-order valence-corrected chi connectivity index (χ0v) is 10.4. The Balaban J connectivity index is 4.97. The highest BCUT2D eigenvalue weighted by molar-refractivity contribution is 5.73. The summed E-state index contributed by atoms with van der Waals surface area (Å²) in [6, 6.07) is 0. The van der Waals surface area contributed by atoms with Crippen LogP contribution in [0, 0.1) is 5.41 Å². The van der Waals surface area contributed by atoms with Gasteiger partial charge in [-0.2, -0.15) is 0 Å². The van der Waals surface area contributed by atoms with Crippen molar-refractivity contribution in [1.82, 2.24) is 5.32 Å². The number of hydrogen-bond acceptors (Lipinski definition) is 2. The van der Waals surface area contributed by atoms with Crippen molar-refractivity contribution in [1.29, 1.82) is 0 Å². The molecule has 84 valence electrons. The average Bonchev–Trinajstić information content (AvgIpc) is 1.80. The summed E-state index contributed by atoms with van der Waals surface area (Å²) in [7, 11) is 0. The van der Waals surface area contributed by atoms with E-state index in [0.717, 1.165) is 0 Å². The first-order valence-corrected chi connectivity index (χ1v) is 4.93. The van der Waals surface area contributed by atoms with E-state index in [0.29, 0.717) is 0 Å². The zero-order chi connectivity index (χ0) is 11.8. The minimum absolute atomic E-state index is 0.0766. The predicted molar refractivity (Wildman–Crippen MR) is 58.0 cm³/mol. The van der Waals surface area contributed by atoms with Gasteiger partial charge in [0.25, 0.3) is 0 Å². The fourth-order valence-corrected chi connectivity index (χ4v) is 1.36. The molecule has 0 bridgehead atoms. The first kappa shape index (κ1) is 13.4. The SMILES string of the molecule is CC(=O)NC(C)(C)C(C)(C)C(C)(C)O. The molecular formula is C11H23NO2. The lowest BCUT2D eigenvalue weighted by atomic mass is 9.64. The second-order valence-electron chi connectivity index (χ2n) is 5.49. The van der Waals surface area contributed by atoms with E-state index in [2.05, 4.69) is 5.32 Å². The van der Waals surface area contributed by atoms with Gasteiger partial charge in [0.05, 0.1) is 5.60 Å². The molecule has 0 radical (unpaired) electrons. The van der Waals surface area contributed by atoms with Gasteiger partial charge in [-0.3, -0.25) is 4.79 Å². The molecule has 0 aromatic heterocycles. The molecule has 0 spiro atoms. The van der Waals surface area contributed by atoms with Crippen molar-refractivity contribution in [3.63, 3.8) is 0 Å². The van der Waals surface area contributed by atoms with Crippen LogP contribution in [-0.4, -0.2) is 22.2 Å². The largest absolute Gasteiger partial charge is 0.390 e. The van der Waals surface area contributed by atoms with Gasteiger partial charge in [-0.15, -0.1) is 0 Å². The number of carbonyl (C=O) groups is 1. The third-order valence-electron chi connectivity index (χ3n) is 3.58. The summed E-state index contributed by atoms with van der Waals surface area (Å²) < 4.78 is 0. The zero-order valence-electron chi connectivity index (χ0n) is 10.4. The number of amides is 1. The smallest absolute Gasteiger partial charge is 0.217 e. The summed E-state index contributed by atoms with van der Waals surface area (Å²) in [5.74, 6) is -0.0766. The van der Waals surface area contributed by atoms with Gasteiger partial charge in [0.1, 0.15) is 0 Å². The number of carbonyl (C=O) groups excluding carboxylic acids is 1. The van der Waals surface area contributed by atoms with Crippen molar-refractivity contribution in [2.75, 3.05) is 0 Å². The summed E-state index contributed by atoms with van der Waals surface area (Å²) in [6.07, 6.45) is 0. The third-order valence-corrected chi connectivity index (χ3v) is 3.58. The van der Waals surface area contributed by atoms with Crippen molar-refractivity contribution in [2.24, 2.45) is 5.41 Å². The van der Waals surface area contributed by atoms with Crippen LogP contribution in [0.25, 0.3) is 0 Å². The molecule has 0 unspecified atom stereocenters. The molecule has 0 aromatic rings. The highest BCUT2D eigenvalue weighted by Gasteiger charge is 2.47. The molecule has 0 aromatic carbocycles. The van der Waals surface area contributed by atoms with Crippen LogP contribution in [0.1, 0.15) is 48.5 Å². The van der Waals surface area contributed by atoms with Crippen LogP contribution in [0.4, 0.5) is 0 Å². The Bertz CT molecular complexity index is 224. The minimum Gasteiger partial charge on any atom is -0.390 e. The molecule has 3 heteroatoms. The fraction of sp³-hybridized carbons (Fsp3) is 0.909. The average molecular weight is 201 g/mol. The lowest BCUT2D eigenvalue weighted by Crippen LogP contribution is -2.61. The van der Waals surface area contributed by atoms with Crippen LogP contribution in [0.3, 0.4) is 0 Å². The predicted octanol–water partition coefficient (Wildman–Crippen LogP) is 1.70. The van der Waals surface area contributed by atoms with Crippen molar-refractivity contribution in [3.8, 4) is 0 Å². The van der Waals surface area contributed by atoms with Crippen LogP contribution < -0.4 is 5.32 Å². The number of hydrogen-bond donors (Lipinski definition) is 2. The minimum atomic E-state index is -0.848. The second-order valence-corrected chi connectivity index (χ2v) is 5.49. The molecule has 2 N–H and O–H groups in total. The van der Waals surface area contributed by atoms with E-state index >= 15 is 0 Å². The Hall–Kier alpha value is -0.570. The molecule has 1 amide bonds. The van der Waals surface area contributed by atoms with Crippen molar-refractivity contribution in [2.45, 2.75) is 59.6 Å². The monoisotopic (exact) mass is 201 g/mol. The van der Waals surface area contributed by atoms with Crippen molar-refractivity contribution >= 4 is 5.91 Å². The lowest BCUT2D eigenvalue weighted by molar-refractivity contribution is -0.127. The van der Waals surface area contributed by atoms with E-state index in [9.17, 15) is 9.90 Å². The van der Waals surface area contributed by atoms with Gasteiger partial charge in [0.15, 0.2) is 0 Å². The molecule has 0 fully saturated rings. The van der Waals surface area contributed by atoms with Crippen LogP contribution in [0.5, 0.6) is 0 Å². The highest BCUT2D eigenvalue weighted by Crippen LogP contribution is 2.40. The topological polar surface area (TPSA) is 49.3 Å². The summed E-state index contributed by atoms with van der Waals surface area (Å²) in [5, 5.41) is 12.9. The van der Waals surface area contributed by atoms with E-state index in [1.807, 2.05) is 27.7 Å². The molecule has 0 rings (SSSR count). The molecule has 3 nitrogen and oxygen atoms in total. The van der Waals surface area contributed by atoms with Gasteiger partial charge in [0.2, 0.25) is 5.91 Å². The lowest BCUT2D eigenvalue weighted by Gasteiger charge is -2.49. The van der Waals surface area contributed by atoms with Crippen molar-refractivity contribution < 1.29 is 9.90 Å². The third kappa shape index (κ3) is 2.47. The molecule has 0 heterocycles. The number of nitrogens with one attached hydrogen (secondary N) is 1. The Morgan fingerprint density at radius 1 is 1.07 bits per heavy atom. The Morgan fingerprint density at radius 3 is 1.64 bits per heavy atom. The van der Waals surface area contributed by atoms with E-state index in [1.165, 1.54) is 6.92 Å². The van der Waals surface area contributed by atoms with E-state index in [4.69, 9.17) is 0 Å². The van der Waals surface area contributed by atoms with E-state index in [1.54, 1.807) is 13.8 Å². The molecule has 14 heavy (non-hydrogen) atoms. The Labute approximate surface area is 86.9 Å². The molecule has 0 atom stereocenters. The van der Waals surface area contributed by atoms with Gasteiger partial charge >= 0.3 is 0 Å². The van der Waals surface area contributed by atoms with Crippen LogP contribution in [0.2, 0.25) is 0 Å². The van der Waals surface area contributed by atoms with Gasteiger partial charge in [-0.1, -0.05) is 13.8 Å². The van der Waals surface area contributed by atoms with E-state index in [-0.39, 0.29) is 5.91 Å².